The Bertz CT molecular complexity index is 795. The third-order valence-corrected chi connectivity index (χ3v) is 5.00. The number of ether oxygens (including phenoxy) is 1. The molecule has 1 aliphatic heterocycles. The van der Waals surface area contributed by atoms with E-state index in [-0.39, 0.29) is 23.9 Å². The molecule has 0 fully saturated rings. The van der Waals surface area contributed by atoms with Crippen LogP contribution >= 0.6 is 0 Å². The molecule has 0 aliphatic carbocycles. The lowest BCUT2D eigenvalue weighted by atomic mass is 9.99. The van der Waals surface area contributed by atoms with Crippen LogP contribution in [0.1, 0.15) is 61.8 Å². The molecule has 0 saturated carbocycles. The van der Waals surface area contributed by atoms with Crippen molar-refractivity contribution < 1.29 is 9.53 Å². The first-order valence-electron chi connectivity index (χ1n) is 9.45. The van der Waals surface area contributed by atoms with Gasteiger partial charge in [-0.1, -0.05) is 26.0 Å². The van der Waals surface area contributed by atoms with Crippen LogP contribution in [-0.2, 0) is 11.2 Å². The molecule has 5 nitrogen and oxygen atoms in total. The molecule has 2 heterocycles. The number of carbonyl (C=O) groups excluding carboxylic acids is 1. The molecule has 1 N–H and O–H groups in total. The quantitative estimate of drug-likeness (QED) is 0.885. The molecule has 0 bridgehead atoms. The second kappa shape index (κ2) is 7.52. The van der Waals surface area contributed by atoms with E-state index >= 15 is 0 Å². The van der Waals surface area contributed by atoms with Crippen molar-refractivity contribution in [3.8, 4) is 5.75 Å². The van der Waals surface area contributed by atoms with Gasteiger partial charge in [0, 0.05) is 5.69 Å². The van der Waals surface area contributed by atoms with Crippen LogP contribution < -0.4 is 10.1 Å². The van der Waals surface area contributed by atoms with Crippen LogP contribution in [0.15, 0.2) is 24.3 Å². The highest BCUT2D eigenvalue weighted by Gasteiger charge is 2.27. The van der Waals surface area contributed by atoms with Crippen molar-refractivity contribution in [1.82, 2.24) is 15.1 Å². The zero-order chi connectivity index (χ0) is 18.8. The van der Waals surface area contributed by atoms with E-state index in [2.05, 4.69) is 30.3 Å². The topological polar surface area (TPSA) is 56.2 Å². The Hall–Kier alpha value is -2.30. The number of benzene rings is 1. The van der Waals surface area contributed by atoms with E-state index in [1.54, 1.807) is 0 Å². The summed E-state index contributed by atoms with van der Waals surface area (Å²) in [7, 11) is 0. The van der Waals surface area contributed by atoms with Crippen LogP contribution in [0.5, 0.6) is 5.75 Å². The van der Waals surface area contributed by atoms with Gasteiger partial charge in [0.25, 0.3) is 0 Å². The van der Waals surface area contributed by atoms with Gasteiger partial charge < -0.3 is 10.1 Å². The number of carbonyl (C=O) groups is 1. The summed E-state index contributed by atoms with van der Waals surface area (Å²) in [6.45, 7) is 10.9. The summed E-state index contributed by atoms with van der Waals surface area (Å²) >= 11 is 0. The molecular weight excluding hydrogens is 326 g/mol. The fraction of sp³-hybridized carbons (Fsp3) is 0.524. The van der Waals surface area contributed by atoms with E-state index < -0.39 is 0 Å². The summed E-state index contributed by atoms with van der Waals surface area (Å²) in [6, 6.07) is 7.86. The molecule has 1 amide bonds. The van der Waals surface area contributed by atoms with E-state index in [4.69, 9.17) is 4.74 Å². The maximum atomic E-state index is 13.0. The van der Waals surface area contributed by atoms with Crippen LogP contribution in [0.4, 0.5) is 0 Å². The van der Waals surface area contributed by atoms with Gasteiger partial charge in [-0.2, -0.15) is 5.10 Å². The smallest absolute Gasteiger partial charge is 0.245 e. The van der Waals surface area contributed by atoms with Crippen molar-refractivity contribution >= 4 is 5.91 Å². The number of aryl methyl sites for hydroxylation is 3. The Kier molecular flexibility index (Phi) is 5.35. The van der Waals surface area contributed by atoms with Crippen molar-refractivity contribution in [3.05, 3.63) is 46.8 Å². The van der Waals surface area contributed by atoms with E-state index in [0.29, 0.717) is 0 Å². The predicted molar refractivity (Wildman–Crippen MR) is 102 cm³/mol. The molecule has 1 aromatic heterocycles. The van der Waals surface area contributed by atoms with E-state index in [0.717, 1.165) is 42.1 Å². The zero-order valence-electron chi connectivity index (χ0n) is 16.4. The fourth-order valence-electron chi connectivity index (χ4n) is 3.66. The number of nitrogens with one attached hydrogen (secondary N) is 1. The Labute approximate surface area is 155 Å². The van der Waals surface area contributed by atoms with Gasteiger partial charge in [-0.05, 0) is 62.8 Å². The molecule has 26 heavy (non-hydrogen) atoms. The molecule has 140 valence electrons. The van der Waals surface area contributed by atoms with Gasteiger partial charge in [-0.15, -0.1) is 0 Å². The predicted octanol–water partition coefficient (Wildman–Crippen LogP) is 3.90. The summed E-state index contributed by atoms with van der Waals surface area (Å²) in [5.41, 5.74) is 4.28. The maximum absolute atomic E-state index is 13.0. The van der Waals surface area contributed by atoms with Gasteiger partial charge in [0.1, 0.15) is 11.8 Å². The average Bonchev–Trinajstić information content (AvgIpc) is 2.92. The highest BCUT2D eigenvalue weighted by Crippen LogP contribution is 2.28. The lowest BCUT2D eigenvalue weighted by molar-refractivity contribution is -0.126. The molecule has 1 aromatic carbocycles. The lowest BCUT2D eigenvalue weighted by Gasteiger charge is -2.25. The molecule has 0 radical (unpaired) electrons. The second-order valence-electron chi connectivity index (χ2n) is 7.61. The summed E-state index contributed by atoms with van der Waals surface area (Å²) in [6.07, 6.45) is 2.08. The van der Waals surface area contributed by atoms with Gasteiger partial charge in [0.15, 0.2) is 0 Å². The van der Waals surface area contributed by atoms with Crippen LogP contribution in [0, 0.1) is 19.8 Å². The molecule has 5 heteroatoms. The molecule has 0 saturated heterocycles. The van der Waals surface area contributed by atoms with Gasteiger partial charge in [0.05, 0.1) is 18.3 Å². The molecular formula is C21H29N3O2. The lowest BCUT2D eigenvalue weighted by Crippen LogP contribution is -2.37. The van der Waals surface area contributed by atoms with Crippen molar-refractivity contribution in [1.29, 1.82) is 0 Å². The van der Waals surface area contributed by atoms with Gasteiger partial charge >= 0.3 is 0 Å². The first-order valence-corrected chi connectivity index (χ1v) is 9.45. The number of nitrogens with zero attached hydrogens (tertiary/aromatic N) is 2. The van der Waals surface area contributed by atoms with Crippen molar-refractivity contribution in [3.63, 3.8) is 0 Å². The summed E-state index contributed by atoms with van der Waals surface area (Å²) in [5, 5.41) is 7.71. The molecule has 3 rings (SSSR count). The Morgan fingerprint density at radius 1 is 1.23 bits per heavy atom. The van der Waals surface area contributed by atoms with Crippen LogP contribution in [0.2, 0.25) is 0 Å². The second-order valence-corrected chi connectivity index (χ2v) is 7.61. The van der Waals surface area contributed by atoms with E-state index in [9.17, 15) is 4.79 Å². The number of aromatic nitrogens is 2. The summed E-state index contributed by atoms with van der Waals surface area (Å²) in [5.74, 6) is 1.13. The standard InChI is InChI=1S/C21H29N3O2/c1-13(2)20(24-15(4)11-14(3)23-24)21(25)22-16(5)17-8-9-19-18(12-17)7-6-10-26-19/h8-9,11-13,16,20H,6-7,10H2,1-5H3,(H,22,25)/t16-,20+/m1/s1. The number of amides is 1. The zero-order valence-corrected chi connectivity index (χ0v) is 16.4. The van der Waals surface area contributed by atoms with Crippen molar-refractivity contribution in [2.75, 3.05) is 6.61 Å². The minimum atomic E-state index is -0.313. The first kappa shape index (κ1) is 18.5. The number of rotatable bonds is 5. The highest BCUT2D eigenvalue weighted by molar-refractivity contribution is 5.81. The van der Waals surface area contributed by atoms with Gasteiger partial charge in [-0.25, -0.2) is 0 Å². The fourth-order valence-corrected chi connectivity index (χ4v) is 3.66. The first-order chi connectivity index (χ1) is 12.4. The third-order valence-electron chi connectivity index (χ3n) is 5.00. The minimum absolute atomic E-state index is 0.00710. The monoisotopic (exact) mass is 355 g/mol. The van der Waals surface area contributed by atoms with Gasteiger partial charge in [0.2, 0.25) is 5.91 Å². The van der Waals surface area contributed by atoms with E-state index in [1.165, 1.54) is 5.56 Å². The summed E-state index contributed by atoms with van der Waals surface area (Å²) in [4.78, 5) is 13.0. The Morgan fingerprint density at radius 2 is 2.00 bits per heavy atom. The molecule has 1 aliphatic rings. The average molecular weight is 355 g/mol. The Balaban J connectivity index is 1.78. The van der Waals surface area contributed by atoms with Crippen molar-refractivity contribution in [2.24, 2.45) is 5.92 Å². The summed E-state index contributed by atoms with van der Waals surface area (Å²) < 4.78 is 7.53. The van der Waals surface area contributed by atoms with Crippen LogP contribution in [0.25, 0.3) is 0 Å². The largest absolute Gasteiger partial charge is 0.493 e. The molecule has 0 spiro atoms. The number of hydrogen-bond donors (Lipinski definition) is 1. The van der Waals surface area contributed by atoms with E-state index in [1.807, 2.05) is 43.7 Å². The number of hydrogen-bond acceptors (Lipinski definition) is 3. The van der Waals surface area contributed by atoms with Crippen molar-refractivity contribution in [2.45, 2.75) is 59.5 Å². The normalized spacial score (nSPS) is 15.9. The third kappa shape index (κ3) is 3.76. The molecule has 2 atom stereocenters. The van der Waals surface area contributed by atoms with Crippen LogP contribution in [-0.4, -0.2) is 22.3 Å². The minimum Gasteiger partial charge on any atom is -0.493 e. The highest BCUT2D eigenvalue weighted by atomic mass is 16.5. The number of fused-ring (bicyclic) bond motifs is 1. The maximum Gasteiger partial charge on any atom is 0.245 e. The molecule has 2 aromatic rings. The van der Waals surface area contributed by atoms with Crippen LogP contribution in [0.3, 0.4) is 0 Å². The Morgan fingerprint density at radius 3 is 2.65 bits per heavy atom. The SMILES string of the molecule is Cc1cc(C)n([C@H](C(=O)N[C@H](C)c2ccc3c(c2)CCCO3)C(C)C)n1. The van der Waals surface area contributed by atoms with Gasteiger partial charge in [-0.3, -0.25) is 9.48 Å². The molecule has 0 unspecified atom stereocenters.